The summed E-state index contributed by atoms with van der Waals surface area (Å²) in [6, 6.07) is 6.36. The van der Waals surface area contributed by atoms with Crippen LogP contribution in [0.3, 0.4) is 0 Å². The van der Waals surface area contributed by atoms with Crippen molar-refractivity contribution in [3.8, 4) is 5.69 Å². The van der Waals surface area contributed by atoms with Gasteiger partial charge in [-0.05, 0) is 31.2 Å². The summed E-state index contributed by atoms with van der Waals surface area (Å²) in [6.45, 7) is 1.55. The molecule has 0 fully saturated rings. The van der Waals surface area contributed by atoms with Crippen molar-refractivity contribution in [2.45, 2.75) is 6.92 Å². The average molecular weight is 238 g/mol. The number of benzene rings is 1. The van der Waals surface area contributed by atoms with E-state index >= 15 is 0 Å². The highest BCUT2D eigenvalue weighted by molar-refractivity contribution is 6.30. The van der Waals surface area contributed by atoms with Gasteiger partial charge in [-0.1, -0.05) is 11.6 Å². The summed E-state index contributed by atoms with van der Waals surface area (Å²) in [5.74, 6) is 0.292. The highest BCUT2D eigenvalue weighted by Gasteiger charge is 2.05. The summed E-state index contributed by atoms with van der Waals surface area (Å²) in [4.78, 5) is 29.2. The fourth-order valence-electron chi connectivity index (χ4n) is 1.34. The van der Waals surface area contributed by atoms with E-state index in [-0.39, 0.29) is 0 Å². The van der Waals surface area contributed by atoms with Gasteiger partial charge in [0.15, 0.2) is 0 Å². The SMILES string of the molecule is Cc1nc(=O)n(-c2ccc(Cl)cc2)c(=O)[nH]1. The van der Waals surface area contributed by atoms with Gasteiger partial charge in [0.05, 0.1) is 5.69 Å². The highest BCUT2D eigenvalue weighted by atomic mass is 35.5. The van der Waals surface area contributed by atoms with E-state index in [1.54, 1.807) is 31.2 Å². The van der Waals surface area contributed by atoms with Crippen LogP contribution in [0.4, 0.5) is 0 Å². The lowest BCUT2D eigenvalue weighted by atomic mass is 10.3. The number of rotatable bonds is 1. The molecule has 0 aliphatic carbocycles. The Bertz CT molecular complexity index is 596. The molecule has 1 aromatic heterocycles. The molecular weight excluding hydrogens is 230 g/mol. The van der Waals surface area contributed by atoms with Crippen LogP contribution < -0.4 is 11.4 Å². The first-order chi connectivity index (χ1) is 7.58. The molecule has 0 saturated heterocycles. The third-order valence-corrected chi connectivity index (χ3v) is 2.28. The van der Waals surface area contributed by atoms with Gasteiger partial charge in [0.25, 0.3) is 0 Å². The molecule has 0 unspecified atom stereocenters. The van der Waals surface area contributed by atoms with E-state index in [9.17, 15) is 9.59 Å². The molecule has 16 heavy (non-hydrogen) atoms. The van der Waals surface area contributed by atoms with E-state index in [0.29, 0.717) is 16.5 Å². The third kappa shape index (κ3) is 1.90. The highest BCUT2D eigenvalue weighted by Crippen LogP contribution is 2.10. The second-order valence-corrected chi connectivity index (χ2v) is 3.66. The summed E-state index contributed by atoms with van der Waals surface area (Å²) >= 11 is 5.71. The average Bonchev–Trinajstić information content (AvgIpc) is 2.19. The van der Waals surface area contributed by atoms with E-state index < -0.39 is 11.4 Å². The maximum absolute atomic E-state index is 11.6. The van der Waals surface area contributed by atoms with Crippen molar-refractivity contribution in [3.05, 3.63) is 56.1 Å². The molecule has 0 spiro atoms. The molecule has 0 atom stereocenters. The number of hydrogen-bond donors (Lipinski definition) is 1. The molecule has 82 valence electrons. The first kappa shape index (κ1) is 10.6. The van der Waals surface area contributed by atoms with Crippen LogP contribution >= 0.6 is 11.6 Å². The van der Waals surface area contributed by atoms with E-state index in [1.165, 1.54) is 0 Å². The molecule has 2 aromatic rings. The first-order valence-corrected chi connectivity index (χ1v) is 4.91. The summed E-state index contributed by atoms with van der Waals surface area (Å²) in [6.07, 6.45) is 0. The van der Waals surface area contributed by atoms with Crippen LogP contribution in [0.15, 0.2) is 33.9 Å². The lowest BCUT2D eigenvalue weighted by Gasteiger charge is -2.03. The predicted octanol–water partition coefficient (Wildman–Crippen LogP) is 0.883. The standard InChI is InChI=1S/C10H8ClN3O2/c1-6-12-9(15)14(10(16)13-6)8-4-2-7(11)3-5-8/h2-5H,1H3,(H,12,13,15,16). The van der Waals surface area contributed by atoms with Gasteiger partial charge in [-0.15, -0.1) is 0 Å². The van der Waals surface area contributed by atoms with Gasteiger partial charge in [-0.25, -0.2) is 14.2 Å². The minimum Gasteiger partial charge on any atom is -0.295 e. The molecular formula is C10H8ClN3O2. The molecule has 6 heteroatoms. The fraction of sp³-hybridized carbons (Fsp3) is 0.100. The molecule has 0 aliphatic rings. The number of H-pyrrole nitrogens is 1. The Morgan fingerprint density at radius 2 is 1.88 bits per heavy atom. The Labute approximate surface area is 95.3 Å². The van der Waals surface area contributed by atoms with Crippen molar-refractivity contribution in [2.75, 3.05) is 0 Å². The fourth-order valence-corrected chi connectivity index (χ4v) is 1.46. The second-order valence-electron chi connectivity index (χ2n) is 3.22. The minimum absolute atomic E-state index is 0.292. The Morgan fingerprint density at radius 1 is 1.25 bits per heavy atom. The van der Waals surface area contributed by atoms with Crippen LogP contribution in [-0.2, 0) is 0 Å². The van der Waals surface area contributed by atoms with Crippen molar-refractivity contribution in [1.82, 2.24) is 14.5 Å². The zero-order valence-electron chi connectivity index (χ0n) is 8.40. The maximum atomic E-state index is 11.6. The van der Waals surface area contributed by atoms with Gasteiger partial charge in [-0.3, -0.25) is 4.98 Å². The normalized spacial score (nSPS) is 10.4. The lowest BCUT2D eigenvalue weighted by Crippen LogP contribution is -2.36. The molecule has 0 amide bonds. The van der Waals surface area contributed by atoms with Crippen LogP contribution in [0.1, 0.15) is 5.82 Å². The molecule has 0 aliphatic heterocycles. The van der Waals surface area contributed by atoms with Crippen LogP contribution in [0.2, 0.25) is 5.02 Å². The Balaban J connectivity index is 2.70. The van der Waals surface area contributed by atoms with E-state index in [4.69, 9.17) is 11.6 Å². The monoisotopic (exact) mass is 237 g/mol. The minimum atomic E-state index is -0.608. The van der Waals surface area contributed by atoms with Crippen LogP contribution in [0.25, 0.3) is 5.69 Å². The topological polar surface area (TPSA) is 67.8 Å². The third-order valence-electron chi connectivity index (χ3n) is 2.03. The van der Waals surface area contributed by atoms with Crippen LogP contribution in [0, 0.1) is 6.92 Å². The predicted molar refractivity (Wildman–Crippen MR) is 60.2 cm³/mol. The molecule has 2 rings (SSSR count). The summed E-state index contributed by atoms with van der Waals surface area (Å²) in [5.41, 5.74) is -0.688. The zero-order valence-corrected chi connectivity index (χ0v) is 9.15. The van der Waals surface area contributed by atoms with Gasteiger partial charge < -0.3 is 0 Å². The second kappa shape index (κ2) is 3.94. The molecule has 1 N–H and O–H groups in total. The Hall–Kier alpha value is -1.88. The maximum Gasteiger partial charge on any atom is 0.358 e. The number of aryl methyl sites for hydroxylation is 1. The summed E-state index contributed by atoms with van der Waals surface area (Å²) in [7, 11) is 0. The number of halogens is 1. The Morgan fingerprint density at radius 3 is 2.44 bits per heavy atom. The summed E-state index contributed by atoms with van der Waals surface area (Å²) in [5, 5.41) is 0.535. The number of hydrogen-bond acceptors (Lipinski definition) is 3. The smallest absolute Gasteiger partial charge is 0.295 e. The first-order valence-electron chi connectivity index (χ1n) is 4.54. The summed E-state index contributed by atoms with van der Waals surface area (Å²) < 4.78 is 0.948. The van der Waals surface area contributed by atoms with Crippen LogP contribution in [0.5, 0.6) is 0 Å². The van der Waals surface area contributed by atoms with Crippen molar-refractivity contribution < 1.29 is 0 Å². The largest absolute Gasteiger partial charge is 0.358 e. The van der Waals surface area contributed by atoms with Crippen molar-refractivity contribution >= 4 is 11.6 Å². The Kier molecular flexibility index (Phi) is 2.62. The molecule has 1 heterocycles. The molecule has 0 saturated carbocycles. The van der Waals surface area contributed by atoms with Crippen molar-refractivity contribution in [2.24, 2.45) is 0 Å². The van der Waals surface area contributed by atoms with Crippen molar-refractivity contribution in [1.29, 1.82) is 0 Å². The molecule has 5 nitrogen and oxygen atoms in total. The van der Waals surface area contributed by atoms with E-state index in [0.717, 1.165) is 4.57 Å². The van der Waals surface area contributed by atoms with Gasteiger partial charge in [0, 0.05) is 5.02 Å². The lowest BCUT2D eigenvalue weighted by molar-refractivity contribution is 0.784. The van der Waals surface area contributed by atoms with Crippen LogP contribution in [-0.4, -0.2) is 14.5 Å². The van der Waals surface area contributed by atoms with Crippen molar-refractivity contribution in [3.63, 3.8) is 0 Å². The van der Waals surface area contributed by atoms with E-state index in [1.807, 2.05) is 0 Å². The number of nitrogens with one attached hydrogen (secondary N) is 1. The zero-order chi connectivity index (χ0) is 11.7. The molecule has 1 aromatic carbocycles. The van der Waals surface area contributed by atoms with Gasteiger partial charge in [0.1, 0.15) is 5.82 Å². The number of nitrogens with zero attached hydrogens (tertiary/aromatic N) is 2. The molecule has 0 bridgehead atoms. The quantitative estimate of drug-likeness (QED) is 0.801. The number of aromatic nitrogens is 3. The van der Waals surface area contributed by atoms with Gasteiger partial charge >= 0.3 is 11.4 Å². The van der Waals surface area contributed by atoms with E-state index in [2.05, 4.69) is 9.97 Å². The molecule has 0 radical (unpaired) electrons. The van der Waals surface area contributed by atoms with Gasteiger partial charge in [-0.2, -0.15) is 4.98 Å². The number of aromatic amines is 1. The van der Waals surface area contributed by atoms with Gasteiger partial charge in [0.2, 0.25) is 0 Å².